The summed E-state index contributed by atoms with van der Waals surface area (Å²) in [5.41, 5.74) is 0.840. The van der Waals surface area contributed by atoms with Gasteiger partial charge in [0, 0.05) is 5.56 Å². The second kappa shape index (κ2) is 4.38. The molecule has 0 aliphatic rings. The van der Waals surface area contributed by atoms with E-state index in [0.29, 0.717) is 11.1 Å². The molecule has 0 radical (unpaired) electrons. The molecule has 76 valence electrons. The molecule has 0 saturated heterocycles. The molecule has 0 bridgehead atoms. The maximum Gasteiger partial charge on any atom is 0.130 e. The molecular formula is C12H15FO. The number of halogens is 1. The van der Waals surface area contributed by atoms with Gasteiger partial charge in [-0.25, -0.2) is 4.39 Å². The molecule has 0 spiro atoms. The number of hydrogen-bond acceptors (Lipinski definition) is 1. The van der Waals surface area contributed by atoms with Crippen LogP contribution in [0, 0.1) is 11.7 Å². The molecule has 0 aromatic heterocycles. The summed E-state index contributed by atoms with van der Waals surface area (Å²) in [6.45, 7) is 7.46. The molecule has 0 aliphatic carbocycles. The van der Waals surface area contributed by atoms with Gasteiger partial charge < -0.3 is 5.11 Å². The van der Waals surface area contributed by atoms with E-state index < -0.39 is 6.10 Å². The Morgan fingerprint density at radius 1 is 1.36 bits per heavy atom. The van der Waals surface area contributed by atoms with Crippen LogP contribution in [-0.2, 0) is 0 Å². The Labute approximate surface area is 83.9 Å². The fourth-order valence-corrected chi connectivity index (χ4v) is 1.28. The summed E-state index contributed by atoms with van der Waals surface area (Å²) in [6.07, 6.45) is -0.688. The summed E-state index contributed by atoms with van der Waals surface area (Å²) in [6, 6.07) is 6.35. The van der Waals surface area contributed by atoms with E-state index in [1.165, 1.54) is 6.07 Å². The second-order valence-corrected chi connectivity index (χ2v) is 3.69. The van der Waals surface area contributed by atoms with Crippen LogP contribution in [0.4, 0.5) is 4.39 Å². The third kappa shape index (κ3) is 2.20. The highest BCUT2D eigenvalue weighted by Gasteiger charge is 2.16. The van der Waals surface area contributed by atoms with E-state index in [0.717, 1.165) is 0 Å². The second-order valence-electron chi connectivity index (χ2n) is 3.69. The van der Waals surface area contributed by atoms with Crippen molar-refractivity contribution in [2.24, 2.45) is 5.92 Å². The molecule has 1 nitrogen and oxygen atoms in total. The maximum atomic E-state index is 13.3. The molecule has 0 heterocycles. The standard InChI is InChI=1S/C12H15FO/c1-8(2)12(14)9(3)10-6-4-5-7-11(10)13/h4-8,12,14H,3H2,1-2H3. The van der Waals surface area contributed by atoms with Crippen molar-refractivity contribution in [3.8, 4) is 0 Å². The minimum absolute atomic E-state index is 0.0436. The number of aliphatic hydroxyl groups excluding tert-OH is 1. The Hall–Kier alpha value is -1.15. The van der Waals surface area contributed by atoms with Crippen LogP contribution in [0.2, 0.25) is 0 Å². The SMILES string of the molecule is C=C(c1ccccc1F)C(O)C(C)C. The monoisotopic (exact) mass is 194 g/mol. The van der Waals surface area contributed by atoms with Crippen molar-refractivity contribution in [2.75, 3.05) is 0 Å². The number of rotatable bonds is 3. The zero-order valence-electron chi connectivity index (χ0n) is 8.50. The average molecular weight is 194 g/mol. The molecule has 0 saturated carbocycles. The third-order valence-electron chi connectivity index (χ3n) is 2.21. The van der Waals surface area contributed by atoms with Crippen LogP contribution < -0.4 is 0 Å². The van der Waals surface area contributed by atoms with Crippen LogP contribution in [0.15, 0.2) is 30.8 Å². The van der Waals surface area contributed by atoms with Crippen molar-refractivity contribution in [3.05, 3.63) is 42.2 Å². The fraction of sp³-hybridized carbons (Fsp3) is 0.333. The first-order chi connectivity index (χ1) is 6.54. The molecule has 1 unspecified atom stereocenters. The van der Waals surface area contributed by atoms with Crippen molar-refractivity contribution in [1.29, 1.82) is 0 Å². The van der Waals surface area contributed by atoms with Gasteiger partial charge in [0.1, 0.15) is 5.82 Å². The van der Waals surface area contributed by atoms with E-state index in [4.69, 9.17) is 0 Å². The van der Waals surface area contributed by atoms with Crippen molar-refractivity contribution in [1.82, 2.24) is 0 Å². The van der Waals surface area contributed by atoms with E-state index in [1.807, 2.05) is 13.8 Å². The van der Waals surface area contributed by atoms with Gasteiger partial charge in [0.25, 0.3) is 0 Å². The molecule has 0 fully saturated rings. The molecule has 1 rings (SSSR count). The summed E-state index contributed by atoms with van der Waals surface area (Å²) in [5, 5.41) is 9.71. The van der Waals surface area contributed by atoms with Gasteiger partial charge >= 0.3 is 0 Å². The van der Waals surface area contributed by atoms with Gasteiger partial charge in [-0.05, 0) is 17.6 Å². The molecular weight excluding hydrogens is 179 g/mol. The maximum absolute atomic E-state index is 13.3. The molecule has 1 aromatic carbocycles. The van der Waals surface area contributed by atoms with Gasteiger partial charge in [-0.15, -0.1) is 0 Å². The average Bonchev–Trinajstić information content (AvgIpc) is 2.16. The lowest BCUT2D eigenvalue weighted by Gasteiger charge is -2.17. The molecule has 1 atom stereocenters. The quantitative estimate of drug-likeness (QED) is 0.784. The van der Waals surface area contributed by atoms with E-state index in [9.17, 15) is 9.50 Å². The van der Waals surface area contributed by atoms with E-state index in [2.05, 4.69) is 6.58 Å². The first kappa shape index (κ1) is 10.9. The van der Waals surface area contributed by atoms with E-state index >= 15 is 0 Å². The van der Waals surface area contributed by atoms with E-state index in [-0.39, 0.29) is 11.7 Å². The third-order valence-corrected chi connectivity index (χ3v) is 2.21. The Balaban J connectivity index is 2.95. The Bertz CT molecular complexity index is 331. The zero-order valence-corrected chi connectivity index (χ0v) is 8.50. The van der Waals surface area contributed by atoms with Gasteiger partial charge in [-0.3, -0.25) is 0 Å². The van der Waals surface area contributed by atoms with Crippen LogP contribution in [0.25, 0.3) is 5.57 Å². The predicted octanol–water partition coefficient (Wildman–Crippen LogP) is 2.86. The normalized spacial score (nSPS) is 12.9. The van der Waals surface area contributed by atoms with Gasteiger partial charge in [0.2, 0.25) is 0 Å². The molecule has 1 aromatic rings. The number of benzene rings is 1. The molecule has 0 amide bonds. The minimum Gasteiger partial charge on any atom is -0.388 e. The Kier molecular flexibility index (Phi) is 3.42. The summed E-state index contributed by atoms with van der Waals surface area (Å²) in [7, 11) is 0. The van der Waals surface area contributed by atoms with Gasteiger partial charge in [0.15, 0.2) is 0 Å². The van der Waals surface area contributed by atoms with Gasteiger partial charge in [-0.2, -0.15) is 0 Å². The highest BCUT2D eigenvalue weighted by atomic mass is 19.1. The van der Waals surface area contributed by atoms with Crippen LogP contribution >= 0.6 is 0 Å². The summed E-state index contributed by atoms with van der Waals surface area (Å²) < 4.78 is 13.3. The molecule has 1 N–H and O–H groups in total. The topological polar surface area (TPSA) is 20.2 Å². The van der Waals surface area contributed by atoms with Crippen LogP contribution in [0.1, 0.15) is 19.4 Å². The van der Waals surface area contributed by atoms with E-state index in [1.54, 1.807) is 18.2 Å². The minimum atomic E-state index is -0.688. The molecule has 14 heavy (non-hydrogen) atoms. The smallest absolute Gasteiger partial charge is 0.130 e. The summed E-state index contributed by atoms with van der Waals surface area (Å²) >= 11 is 0. The fourth-order valence-electron chi connectivity index (χ4n) is 1.28. The van der Waals surface area contributed by atoms with Crippen molar-refractivity contribution < 1.29 is 9.50 Å². The Morgan fingerprint density at radius 3 is 2.43 bits per heavy atom. The lowest BCUT2D eigenvalue weighted by molar-refractivity contribution is 0.181. The van der Waals surface area contributed by atoms with Crippen molar-refractivity contribution >= 4 is 5.57 Å². The van der Waals surface area contributed by atoms with Gasteiger partial charge in [-0.1, -0.05) is 38.6 Å². The largest absolute Gasteiger partial charge is 0.388 e. The number of aliphatic hydroxyl groups is 1. The van der Waals surface area contributed by atoms with Gasteiger partial charge in [0.05, 0.1) is 6.10 Å². The Morgan fingerprint density at radius 2 is 1.93 bits per heavy atom. The number of hydrogen-bond donors (Lipinski definition) is 1. The first-order valence-electron chi connectivity index (χ1n) is 4.65. The van der Waals surface area contributed by atoms with Crippen LogP contribution in [-0.4, -0.2) is 11.2 Å². The molecule has 0 aliphatic heterocycles. The zero-order chi connectivity index (χ0) is 10.7. The molecule has 2 heteroatoms. The highest BCUT2D eigenvalue weighted by Crippen LogP contribution is 2.23. The van der Waals surface area contributed by atoms with Crippen molar-refractivity contribution in [3.63, 3.8) is 0 Å². The highest BCUT2D eigenvalue weighted by molar-refractivity contribution is 5.67. The lowest BCUT2D eigenvalue weighted by Crippen LogP contribution is -2.16. The lowest BCUT2D eigenvalue weighted by atomic mass is 9.94. The first-order valence-corrected chi connectivity index (χ1v) is 4.65. The van der Waals surface area contributed by atoms with Crippen LogP contribution in [0.5, 0.6) is 0 Å². The summed E-state index contributed by atoms with van der Waals surface area (Å²) in [4.78, 5) is 0. The van der Waals surface area contributed by atoms with Crippen molar-refractivity contribution in [2.45, 2.75) is 20.0 Å². The van der Waals surface area contributed by atoms with Crippen LogP contribution in [0.3, 0.4) is 0 Å². The summed E-state index contributed by atoms with van der Waals surface area (Å²) in [5.74, 6) is -0.292. The predicted molar refractivity (Wildman–Crippen MR) is 56.3 cm³/mol.